The molecule has 1 atom stereocenters. The second-order valence-corrected chi connectivity index (χ2v) is 4.96. The van der Waals surface area contributed by atoms with Crippen LogP contribution in [0.2, 0.25) is 0 Å². The van der Waals surface area contributed by atoms with E-state index in [9.17, 15) is 5.11 Å². The molecule has 0 aliphatic rings. The maximum Gasteiger partial charge on any atom is 0.159 e. The number of rotatable bonds is 5. The summed E-state index contributed by atoms with van der Waals surface area (Å²) >= 11 is 0. The molecule has 0 amide bonds. The van der Waals surface area contributed by atoms with E-state index < -0.39 is 0 Å². The number of nitrogens with zero attached hydrogens (tertiary/aromatic N) is 2. The zero-order chi connectivity index (χ0) is 14.5. The molecule has 0 aliphatic carbocycles. The van der Waals surface area contributed by atoms with Crippen LogP contribution in [0.15, 0.2) is 30.5 Å². The Hall–Kier alpha value is -1.94. The first-order valence-electron chi connectivity index (χ1n) is 6.98. The molecule has 2 rings (SSSR count). The average Bonchev–Trinajstić information content (AvgIpc) is 2.45. The molecule has 20 heavy (non-hydrogen) atoms. The van der Waals surface area contributed by atoms with E-state index in [1.165, 1.54) is 0 Å². The average molecular weight is 271 g/mol. The number of aromatic hydroxyl groups is 1. The molecule has 1 unspecified atom stereocenters. The zero-order valence-electron chi connectivity index (χ0n) is 12.2. The standard InChI is InChI=1S/C16H21N3O/c1-4-9-17-11(2)15-10-18-16(19-12(15)3)13-5-7-14(20)8-6-13/h5-8,10-11,17,20H,4,9H2,1-3H3. The van der Waals surface area contributed by atoms with Gasteiger partial charge in [0, 0.05) is 29.1 Å². The number of hydrogen-bond donors (Lipinski definition) is 2. The topological polar surface area (TPSA) is 58.0 Å². The van der Waals surface area contributed by atoms with Gasteiger partial charge in [-0.15, -0.1) is 0 Å². The van der Waals surface area contributed by atoms with Crippen molar-refractivity contribution in [1.82, 2.24) is 15.3 Å². The molecule has 0 aliphatic heterocycles. The number of aromatic nitrogens is 2. The molecule has 2 aromatic rings. The SMILES string of the molecule is CCCNC(C)c1cnc(-c2ccc(O)cc2)nc1C. The molecule has 0 bridgehead atoms. The van der Waals surface area contributed by atoms with Gasteiger partial charge in [-0.05, 0) is 51.1 Å². The minimum Gasteiger partial charge on any atom is -0.508 e. The summed E-state index contributed by atoms with van der Waals surface area (Å²) in [6.45, 7) is 7.27. The largest absolute Gasteiger partial charge is 0.508 e. The number of hydrogen-bond acceptors (Lipinski definition) is 4. The summed E-state index contributed by atoms with van der Waals surface area (Å²) in [5.74, 6) is 0.938. The molecule has 1 aromatic heterocycles. The fourth-order valence-electron chi connectivity index (χ4n) is 2.12. The maximum atomic E-state index is 9.31. The van der Waals surface area contributed by atoms with Gasteiger partial charge in [0.15, 0.2) is 5.82 Å². The first kappa shape index (κ1) is 14.5. The Kier molecular flexibility index (Phi) is 4.69. The molecule has 2 N–H and O–H groups in total. The van der Waals surface area contributed by atoms with Crippen LogP contribution in [0.5, 0.6) is 5.75 Å². The van der Waals surface area contributed by atoms with Gasteiger partial charge >= 0.3 is 0 Å². The van der Waals surface area contributed by atoms with Gasteiger partial charge in [-0.1, -0.05) is 6.92 Å². The zero-order valence-corrected chi connectivity index (χ0v) is 12.2. The summed E-state index contributed by atoms with van der Waals surface area (Å²) in [5.41, 5.74) is 3.02. The van der Waals surface area contributed by atoms with E-state index in [0.717, 1.165) is 29.8 Å². The van der Waals surface area contributed by atoms with Gasteiger partial charge in [-0.2, -0.15) is 0 Å². The van der Waals surface area contributed by atoms with Crippen LogP contribution < -0.4 is 5.32 Å². The smallest absolute Gasteiger partial charge is 0.159 e. The van der Waals surface area contributed by atoms with Gasteiger partial charge in [0.25, 0.3) is 0 Å². The summed E-state index contributed by atoms with van der Waals surface area (Å²) in [4.78, 5) is 9.01. The Balaban J connectivity index is 2.23. The molecule has 106 valence electrons. The molecule has 0 saturated carbocycles. The van der Waals surface area contributed by atoms with Crippen molar-refractivity contribution < 1.29 is 5.11 Å². The minimum atomic E-state index is 0.250. The van der Waals surface area contributed by atoms with Crippen LogP contribution in [0.1, 0.15) is 37.6 Å². The van der Waals surface area contributed by atoms with Gasteiger partial charge in [0.05, 0.1) is 0 Å². The lowest BCUT2D eigenvalue weighted by atomic mass is 10.1. The first-order valence-corrected chi connectivity index (χ1v) is 6.98. The number of aryl methyl sites for hydroxylation is 1. The lowest BCUT2D eigenvalue weighted by Crippen LogP contribution is -2.20. The van der Waals surface area contributed by atoms with Crippen molar-refractivity contribution in [3.05, 3.63) is 41.7 Å². The van der Waals surface area contributed by atoms with Crippen molar-refractivity contribution in [2.45, 2.75) is 33.2 Å². The molecule has 0 spiro atoms. The van der Waals surface area contributed by atoms with Crippen LogP contribution >= 0.6 is 0 Å². The Labute approximate surface area is 119 Å². The Morgan fingerprint density at radius 1 is 1.25 bits per heavy atom. The summed E-state index contributed by atoms with van der Waals surface area (Å²) in [6.07, 6.45) is 2.99. The van der Waals surface area contributed by atoms with Gasteiger partial charge in [0.2, 0.25) is 0 Å². The predicted molar refractivity (Wildman–Crippen MR) is 80.6 cm³/mol. The van der Waals surface area contributed by atoms with E-state index in [-0.39, 0.29) is 11.8 Å². The van der Waals surface area contributed by atoms with E-state index in [4.69, 9.17) is 0 Å². The summed E-state index contributed by atoms with van der Waals surface area (Å²) in [6, 6.07) is 7.19. The van der Waals surface area contributed by atoms with E-state index in [2.05, 4.69) is 29.1 Å². The van der Waals surface area contributed by atoms with Gasteiger partial charge in [-0.25, -0.2) is 9.97 Å². The van der Waals surface area contributed by atoms with E-state index in [0.29, 0.717) is 5.82 Å². The lowest BCUT2D eigenvalue weighted by molar-refractivity contribution is 0.475. The number of nitrogens with one attached hydrogen (secondary N) is 1. The maximum absolute atomic E-state index is 9.31. The van der Waals surface area contributed by atoms with Crippen LogP contribution in [0, 0.1) is 6.92 Å². The Bertz CT molecular complexity index is 566. The molecular formula is C16H21N3O. The third-order valence-corrected chi connectivity index (χ3v) is 3.31. The van der Waals surface area contributed by atoms with Crippen LogP contribution in [0.3, 0.4) is 0 Å². The molecular weight excluding hydrogens is 250 g/mol. The highest BCUT2D eigenvalue weighted by Crippen LogP contribution is 2.21. The Morgan fingerprint density at radius 3 is 2.55 bits per heavy atom. The van der Waals surface area contributed by atoms with Crippen molar-refractivity contribution in [1.29, 1.82) is 0 Å². The number of phenols is 1. The van der Waals surface area contributed by atoms with Gasteiger partial charge < -0.3 is 10.4 Å². The molecule has 0 saturated heterocycles. The highest BCUT2D eigenvalue weighted by Gasteiger charge is 2.11. The van der Waals surface area contributed by atoms with E-state index in [1.807, 2.05) is 25.3 Å². The molecule has 4 nitrogen and oxygen atoms in total. The van der Waals surface area contributed by atoms with Crippen LogP contribution in [-0.4, -0.2) is 21.6 Å². The lowest BCUT2D eigenvalue weighted by Gasteiger charge is -2.15. The fourth-order valence-corrected chi connectivity index (χ4v) is 2.12. The van der Waals surface area contributed by atoms with Crippen molar-refractivity contribution in [2.75, 3.05) is 6.54 Å². The third kappa shape index (κ3) is 3.33. The Morgan fingerprint density at radius 2 is 1.95 bits per heavy atom. The highest BCUT2D eigenvalue weighted by molar-refractivity contribution is 5.56. The first-order chi connectivity index (χ1) is 9.61. The van der Waals surface area contributed by atoms with E-state index >= 15 is 0 Å². The molecule has 0 fully saturated rings. The quantitative estimate of drug-likeness (QED) is 0.876. The van der Waals surface area contributed by atoms with Crippen molar-refractivity contribution >= 4 is 0 Å². The fraction of sp³-hybridized carbons (Fsp3) is 0.375. The minimum absolute atomic E-state index is 0.250. The summed E-state index contributed by atoms with van der Waals surface area (Å²) in [5, 5.41) is 12.8. The van der Waals surface area contributed by atoms with Crippen LogP contribution in [-0.2, 0) is 0 Å². The van der Waals surface area contributed by atoms with Crippen molar-refractivity contribution in [3.63, 3.8) is 0 Å². The molecule has 1 heterocycles. The molecule has 1 aromatic carbocycles. The van der Waals surface area contributed by atoms with E-state index in [1.54, 1.807) is 12.1 Å². The number of phenolic OH excluding ortho intramolecular Hbond substituents is 1. The number of benzene rings is 1. The second kappa shape index (κ2) is 6.48. The van der Waals surface area contributed by atoms with Gasteiger partial charge in [-0.3, -0.25) is 0 Å². The van der Waals surface area contributed by atoms with Crippen molar-refractivity contribution in [3.8, 4) is 17.1 Å². The second-order valence-electron chi connectivity index (χ2n) is 4.96. The monoisotopic (exact) mass is 271 g/mol. The normalized spacial score (nSPS) is 12.3. The predicted octanol–water partition coefficient (Wildman–Crippen LogP) is 3.22. The summed E-state index contributed by atoms with van der Waals surface area (Å²) < 4.78 is 0. The highest BCUT2D eigenvalue weighted by atomic mass is 16.3. The van der Waals surface area contributed by atoms with Crippen LogP contribution in [0.25, 0.3) is 11.4 Å². The summed E-state index contributed by atoms with van der Waals surface area (Å²) in [7, 11) is 0. The molecule has 4 heteroatoms. The van der Waals surface area contributed by atoms with Crippen LogP contribution in [0.4, 0.5) is 0 Å². The third-order valence-electron chi connectivity index (χ3n) is 3.31. The van der Waals surface area contributed by atoms with Crippen molar-refractivity contribution in [2.24, 2.45) is 0 Å². The van der Waals surface area contributed by atoms with Gasteiger partial charge in [0.1, 0.15) is 5.75 Å². The molecule has 0 radical (unpaired) electrons.